The van der Waals surface area contributed by atoms with E-state index < -0.39 is 17.4 Å². The number of aromatic nitrogens is 2. The molecule has 5 aromatic carbocycles. The first kappa shape index (κ1) is 44.6. The standard InChI is InChI=1S/C51H60N6O4/c1-6-19-45-54-46(49(58)60-4)47(50(59)61-5)57(45)35-38-29-31-39(32-30-38)40-21-18-22-41(34-40)48(55-56-53-33-17-16-20-37(2)3)52-36-51(42-23-10-7-11-24-42,43-25-12-8-13-26-43)44-27-14-9-15-28-44/h7-15,18,21-32,34,37,48,52-53,55-56H,6,16-17,19-20,33,35-36H2,1-5H3. The monoisotopic (exact) mass is 820 g/mol. The highest BCUT2D eigenvalue weighted by atomic mass is 16.5. The summed E-state index contributed by atoms with van der Waals surface area (Å²) in [6.45, 7) is 8.33. The summed E-state index contributed by atoms with van der Waals surface area (Å²) >= 11 is 0. The molecule has 10 heteroatoms. The highest BCUT2D eigenvalue weighted by Gasteiger charge is 2.37. The van der Waals surface area contributed by atoms with Gasteiger partial charge >= 0.3 is 11.9 Å². The van der Waals surface area contributed by atoms with Crippen LogP contribution in [0.2, 0.25) is 0 Å². The first-order valence-corrected chi connectivity index (χ1v) is 21.4. The summed E-state index contributed by atoms with van der Waals surface area (Å²) < 4.78 is 11.8. The van der Waals surface area contributed by atoms with E-state index in [4.69, 9.17) is 9.47 Å². The predicted octanol–water partition coefficient (Wildman–Crippen LogP) is 9.17. The van der Waals surface area contributed by atoms with E-state index in [1.807, 2.05) is 19.1 Å². The van der Waals surface area contributed by atoms with E-state index in [9.17, 15) is 9.59 Å². The van der Waals surface area contributed by atoms with E-state index in [1.165, 1.54) is 43.8 Å². The van der Waals surface area contributed by atoms with Gasteiger partial charge in [0.2, 0.25) is 0 Å². The fourth-order valence-electron chi connectivity index (χ4n) is 7.94. The van der Waals surface area contributed by atoms with Crippen molar-refractivity contribution in [3.05, 3.63) is 185 Å². The van der Waals surface area contributed by atoms with Gasteiger partial charge in [0.15, 0.2) is 11.4 Å². The Morgan fingerprint density at radius 1 is 0.721 bits per heavy atom. The summed E-state index contributed by atoms with van der Waals surface area (Å²) in [7, 11) is 2.58. The number of aryl methyl sites for hydroxylation is 1. The fraction of sp³-hybridized carbons (Fsp3) is 0.314. The molecule has 4 N–H and O–H groups in total. The number of hydrazine groups is 2. The minimum Gasteiger partial charge on any atom is -0.464 e. The largest absolute Gasteiger partial charge is 0.464 e. The maximum atomic E-state index is 13.0. The van der Waals surface area contributed by atoms with Gasteiger partial charge in [0, 0.05) is 26.1 Å². The second-order valence-corrected chi connectivity index (χ2v) is 15.8. The molecular formula is C51H60N6O4. The van der Waals surface area contributed by atoms with Crippen molar-refractivity contribution < 1.29 is 19.1 Å². The number of carbonyl (C=O) groups is 2. The van der Waals surface area contributed by atoms with E-state index in [1.54, 1.807) is 4.57 Å². The normalized spacial score (nSPS) is 12.0. The molecule has 1 heterocycles. The van der Waals surface area contributed by atoms with E-state index in [-0.39, 0.29) is 17.6 Å². The van der Waals surface area contributed by atoms with Crippen molar-refractivity contribution in [2.24, 2.45) is 5.92 Å². The third kappa shape index (κ3) is 11.1. The van der Waals surface area contributed by atoms with Gasteiger partial charge in [-0.05, 0) is 63.8 Å². The Hall–Kier alpha value is -5.91. The molecule has 0 aliphatic carbocycles. The number of hydrogen-bond donors (Lipinski definition) is 4. The number of benzene rings is 5. The number of ether oxygens (including phenoxy) is 2. The van der Waals surface area contributed by atoms with Crippen molar-refractivity contribution in [1.29, 1.82) is 0 Å². The van der Waals surface area contributed by atoms with Crippen LogP contribution in [0.1, 0.15) is 107 Å². The molecule has 1 aromatic heterocycles. The number of nitrogens with zero attached hydrogens (tertiary/aromatic N) is 2. The van der Waals surface area contributed by atoms with Crippen LogP contribution in [-0.2, 0) is 27.9 Å². The van der Waals surface area contributed by atoms with E-state index in [2.05, 4.69) is 168 Å². The highest BCUT2D eigenvalue weighted by Crippen LogP contribution is 2.39. The number of imidazole rings is 1. The number of methoxy groups -OCH3 is 2. The van der Waals surface area contributed by atoms with Gasteiger partial charge in [0.25, 0.3) is 0 Å². The maximum absolute atomic E-state index is 13.0. The Bertz CT molecular complexity index is 2180. The van der Waals surface area contributed by atoms with Crippen molar-refractivity contribution in [1.82, 2.24) is 31.3 Å². The van der Waals surface area contributed by atoms with Crippen LogP contribution in [0.15, 0.2) is 140 Å². The number of carbonyl (C=O) groups excluding carboxylic acids is 2. The van der Waals surface area contributed by atoms with Crippen LogP contribution in [0, 0.1) is 5.92 Å². The summed E-state index contributed by atoms with van der Waals surface area (Å²) in [6.07, 6.45) is 4.53. The van der Waals surface area contributed by atoms with E-state index >= 15 is 0 Å². The average molecular weight is 821 g/mol. The molecule has 0 bridgehead atoms. The fourth-order valence-corrected chi connectivity index (χ4v) is 7.94. The summed E-state index contributed by atoms with van der Waals surface area (Å²) in [4.78, 5) is 30.1. The number of esters is 2. The van der Waals surface area contributed by atoms with Gasteiger partial charge in [-0.1, -0.05) is 167 Å². The zero-order chi connectivity index (χ0) is 43.0. The van der Waals surface area contributed by atoms with Gasteiger partial charge in [-0.25, -0.2) is 25.4 Å². The Balaban J connectivity index is 1.30. The molecule has 0 saturated heterocycles. The third-order valence-corrected chi connectivity index (χ3v) is 11.1. The third-order valence-electron chi connectivity index (χ3n) is 11.1. The van der Waals surface area contributed by atoms with Crippen molar-refractivity contribution in [2.75, 3.05) is 27.3 Å². The molecule has 0 amide bonds. The van der Waals surface area contributed by atoms with Crippen LogP contribution in [0.25, 0.3) is 11.1 Å². The lowest BCUT2D eigenvalue weighted by molar-refractivity contribution is 0.0544. The minimum absolute atomic E-state index is 0.0348. The maximum Gasteiger partial charge on any atom is 0.359 e. The van der Waals surface area contributed by atoms with Gasteiger partial charge in [0.1, 0.15) is 5.82 Å². The molecule has 0 fully saturated rings. The highest BCUT2D eigenvalue weighted by molar-refractivity contribution is 6.00. The first-order valence-electron chi connectivity index (χ1n) is 21.4. The quantitative estimate of drug-likeness (QED) is 0.0175. The van der Waals surface area contributed by atoms with Crippen LogP contribution in [0.4, 0.5) is 0 Å². The molecule has 6 rings (SSSR count). The van der Waals surface area contributed by atoms with Crippen LogP contribution < -0.4 is 21.7 Å². The van der Waals surface area contributed by atoms with Crippen molar-refractivity contribution in [3.63, 3.8) is 0 Å². The molecule has 10 nitrogen and oxygen atoms in total. The molecule has 0 spiro atoms. The minimum atomic E-state index is -0.674. The molecule has 1 unspecified atom stereocenters. The Morgan fingerprint density at radius 3 is 1.89 bits per heavy atom. The lowest BCUT2D eigenvalue weighted by atomic mass is 9.69. The lowest BCUT2D eigenvalue weighted by Gasteiger charge is -2.38. The van der Waals surface area contributed by atoms with Crippen LogP contribution >= 0.6 is 0 Å². The van der Waals surface area contributed by atoms with Crippen LogP contribution in [-0.4, -0.2) is 48.8 Å². The van der Waals surface area contributed by atoms with Crippen LogP contribution in [0.3, 0.4) is 0 Å². The van der Waals surface area contributed by atoms with Crippen molar-refractivity contribution in [3.8, 4) is 11.1 Å². The van der Waals surface area contributed by atoms with Gasteiger partial charge < -0.3 is 14.0 Å². The van der Waals surface area contributed by atoms with Gasteiger partial charge in [-0.3, -0.25) is 5.32 Å². The number of rotatable bonds is 22. The lowest BCUT2D eigenvalue weighted by Crippen LogP contribution is -2.52. The summed E-state index contributed by atoms with van der Waals surface area (Å²) in [5, 5.41) is 3.96. The zero-order valence-electron chi connectivity index (χ0n) is 36.1. The molecule has 0 aliphatic rings. The molecule has 0 radical (unpaired) electrons. The first-order chi connectivity index (χ1) is 29.8. The SMILES string of the molecule is CCCc1nc(C(=O)OC)c(C(=O)OC)n1Cc1ccc(-c2cccc(C(NCC(c3ccccc3)(c3ccccc3)c3ccccc3)NNNCCCCC(C)C)c2)cc1. The Morgan fingerprint density at radius 2 is 1.33 bits per heavy atom. The number of nitrogens with one attached hydrogen (secondary N) is 4. The molecular weight excluding hydrogens is 761 g/mol. The van der Waals surface area contributed by atoms with Crippen molar-refractivity contribution >= 4 is 11.9 Å². The molecule has 1 atom stereocenters. The molecule has 318 valence electrons. The zero-order valence-corrected chi connectivity index (χ0v) is 36.1. The summed E-state index contributed by atoms with van der Waals surface area (Å²) in [6, 6.07) is 49.0. The smallest absolute Gasteiger partial charge is 0.359 e. The van der Waals surface area contributed by atoms with Gasteiger partial charge in [0.05, 0.1) is 25.8 Å². The predicted molar refractivity (Wildman–Crippen MR) is 243 cm³/mol. The number of unbranched alkanes of at least 4 members (excludes halogenated alkanes) is 1. The summed E-state index contributed by atoms with van der Waals surface area (Å²) in [5.41, 5.74) is 17.5. The number of hydrogen-bond acceptors (Lipinski definition) is 9. The Labute approximate surface area is 361 Å². The van der Waals surface area contributed by atoms with Crippen LogP contribution in [0.5, 0.6) is 0 Å². The summed E-state index contributed by atoms with van der Waals surface area (Å²) in [5.74, 6) is 0.0104. The average Bonchev–Trinajstić information content (AvgIpc) is 3.66. The van der Waals surface area contributed by atoms with E-state index in [0.717, 1.165) is 41.6 Å². The molecule has 6 aromatic rings. The van der Waals surface area contributed by atoms with Gasteiger partial charge in [-0.15, -0.1) is 0 Å². The van der Waals surface area contributed by atoms with E-state index in [0.29, 0.717) is 31.3 Å². The molecule has 0 aliphatic heterocycles. The van der Waals surface area contributed by atoms with Crippen molar-refractivity contribution in [2.45, 2.75) is 71.0 Å². The molecule has 61 heavy (non-hydrogen) atoms. The second-order valence-electron chi connectivity index (χ2n) is 15.8. The topological polar surface area (TPSA) is 119 Å². The second kappa shape index (κ2) is 22.1. The molecule has 0 saturated carbocycles. The van der Waals surface area contributed by atoms with Gasteiger partial charge in [-0.2, -0.15) is 5.53 Å². The Kier molecular flexibility index (Phi) is 16.2.